The molecule has 0 unspecified atom stereocenters. The van der Waals surface area contributed by atoms with Crippen LogP contribution < -0.4 is 5.11 Å². The Bertz CT molecular complexity index is 553. The van der Waals surface area contributed by atoms with E-state index in [-0.39, 0.29) is 5.56 Å². The van der Waals surface area contributed by atoms with E-state index in [2.05, 4.69) is 9.97 Å². The third-order valence-corrected chi connectivity index (χ3v) is 2.59. The predicted molar refractivity (Wildman–Crippen MR) is 61.2 cm³/mol. The molecule has 86 valence electrons. The molecule has 0 fully saturated rings. The first-order valence-electron chi connectivity index (χ1n) is 5.33. The number of carbonyl (C=O) groups is 1. The van der Waals surface area contributed by atoms with Crippen LogP contribution >= 0.6 is 0 Å². The van der Waals surface area contributed by atoms with Crippen molar-refractivity contribution in [2.45, 2.75) is 13.3 Å². The number of carboxylic acids is 1. The summed E-state index contributed by atoms with van der Waals surface area (Å²) < 4.78 is 0. The van der Waals surface area contributed by atoms with E-state index in [1.807, 2.05) is 31.2 Å². The molecule has 1 heterocycles. The highest BCUT2D eigenvalue weighted by Gasteiger charge is 2.10. The molecular weight excluding hydrogens is 216 g/mol. The van der Waals surface area contributed by atoms with Crippen LogP contribution in [0.4, 0.5) is 0 Å². The number of carboxylic acid groups (broad SMARTS) is 1. The van der Waals surface area contributed by atoms with Gasteiger partial charge in [-0.15, -0.1) is 0 Å². The lowest BCUT2D eigenvalue weighted by Crippen LogP contribution is -2.23. The average molecular weight is 227 g/mol. The molecule has 0 aliphatic carbocycles. The van der Waals surface area contributed by atoms with Crippen molar-refractivity contribution in [3.05, 3.63) is 47.9 Å². The Kier molecular flexibility index (Phi) is 3.14. The molecule has 0 radical (unpaired) electrons. The fraction of sp³-hybridized carbons (Fsp3) is 0.154. The van der Waals surface area contributed by atoms with Gasteiger partial charge in [-0.2, -0.15) is 0 Å². The van der Waals surface area contributed by atoms with E-state index in [4.69, 9.17) is 0 Å². The molecule has 0 saturated heterocycles. The van der Waals surface area contributed by atoms with Gasteiger partial charge in [-0.25, -0.2) is 9.97 Å². The summed E-state index contributed by atoms with van der Waals surface area (Å²) in [5.74, 6) is -1.26. The Hall–Kier alpha value is -2.23. The normalized spacial score (nSPS) is 10.2. The van der Waals surface area contributed by atoms with Crippen LogP contribution in [0.2, 0.25) is 0 Å². The SMILES string of the molecule is CCc1ccccc1-c1ncncc1C(=O)[O-]. The Labute approximate surface area is 99.0 Å². The van der Waals surface area contributed by atoms with E-state index in [1.54, 1.807) is 0 Å². The van der Waals surface area contributed by atoms with E-state index in [0.717, 1.165) is 17.5 Å². The topological polar surface area (TPSA) is 65.9 Å². The minimum absolute atomic E-state index is 0.0217. The zero-order chi connectivity index (χ0) is 12.3. The fourth-order valence-electron chi connectivity index (χ4n) is 1.75. The number of aromatic nitrogens is 2. The van der Waals surface area contributed by atoms with Gasteiger partial charge in [0.05, 0.1) is 11.7 Å². The molecule has 0 aliphatic heterocycles. The monoisotopic (exact) mass is 227 g/mol. The molecule has 2 aromatic rings. The molecule has 0 amide bonds. The number of aryl methyl sites for hydroxylation is 1. The maximum absolute atomic E-state index is 11.0. The highest BCUT2D eigenvalue weighted by Crippen LogP contribution is 2.24. The molecule has 4 nitrogen and oxygen atoms in total. The van der Waals surface area contributed by atoms with Crippen LogP contribution in [-0.2, 0) is 6.42 Å². The first-order valence-corrected chi connectivity index (χ1v) is 5.33. The van der Waals surface area contributed by atoms with Gasteiger partial charge in [0.1, 0.15) is 6.33 Å². The predicted octanol–water partition coefficient (Wildman–Crippen LogP) is 1.07. The quantitative estimate of drug-likeness (QED) is 0.786. The largest absolute Gasteiger partial charge is 0.545 e. The lowest BCUT2D eigenvalue weighted by molar-refractivity contribution is -0.255. The zero-order valence-electron chi connectivity index (χ0n) is 9.38. The molecule has 4 heteroatoms. The van der Waals surface area contributed by atoms with E-state index in [1.165, 1.54) is 12.5 Å². The number of benzene rings is 1. The van der Waals surface area contributed by atoms with Crippen LogP contribution in [0.15, 0.2) is 36.8 Å². The number of carbonyl (C=O) groups excluding carboxylic acids is 1. The molecule has 0 spiro atoms. The molecule has 1 aromatic carbocycles. The van der Waals surface area contributed by atoms with Gasteiger partial charge in [0.25, 0.3) is 0 Å². The van der Waals surface area contributed by atoms with E-state index in [0.29, 0.717) is 5.69 Å². The standard InChI is InChI=1S/C13H12N2O2/c1-2-9-5-3-4-6-10(9)12-11(13(16)17)7-14-8-15-12/h3-8H,2H2,1H3,(H,16,17)/p-1. The number of rotatable bonds is 3. The second-order valence-corrected chi connectivity index (χ2v) is 3.58. The van der Waals surface area contributed by atoms with Gasteiger partial charge in [-0.05, 0) is 12.0 Å². The molecule has 17 heavy (non-hydrogen) atoms. The summed E-state index contributed by atoms with van der Waals surface area (Å²) >= 11 is 0. The van der Waals surface area contributed by atoms with E-state index in [9.17, 15) is 9.90 Å². The number of hydrogen-bond donors (Lipinski definition) is 0. The Morgan fingerprint density at radius 2 is 2.12 bits per heavy atom. The van der Waals surface area contributed by atoms with Crippen molar-refractivity contribution in [3.63, 3.8) is 0 Å². The smallest absolute Gasteiger partial charge is 0.116 e. The molecule has 0 N–H and O–H groups in total. The summed E-state index contributed by atoms with van der Waals surface area (Å²) in [5, 5.41) is 11.0. The molecule has 0 saturated carbocycles. The third-order valence-electron chi connectivity index (χ3n) is 2.59. The lowest BCUT2D eigenvalue weighted by atomic mass is 9.99. The van der Waals surface area contributed by atoms with Crippen molar-refractivity contribution >= 4 is 5.97 Å². The van der Waals surface area contributed by atoms with Crippen molar-refractivity contribution in [1.82, 2.24) is 9.97 Å². The molecule has 0 aliphatic rings. The molecule has 2 rings (SSSR count). The zero-order valence-corrected chi connectivity index (χ0v) is 9.38. The van der Waals surface area contributed by atoms with Gasteiger partial charge >= 0.3 is 0 Å². The molecule has 1 aromatic heterocycles. The van der Waals surface area contributed by atoms with Crippen LogP contribution in [0.3, 0.4) is 0 Å². The van der Waals surface area contributed by atoms with Gasteiger partial charge in [0.15, 0.2) is 0 Å². The van der Waals surface area contributed by atoms with Crippen LogP contribution in [0, 0.1) is 0 Å². The molecule has 0 bridgehead atoms. The van der Waals surface area contributed by atoms with Crippen molar-refractivity contribution in [2.75, 3.05) is 0 Å². The third kappa shape index (κ3) is 2.15. The Morgan fingerprint density at radius 3 is 2.82 bits per heavy atom. The van der Waals surface area contributed by atoms with Crippen molar-refractivity contribution in [3.8, 4) is 11.3 Å². The Balaban J connectivity index is 2.64. The summed E-state index contributed by atoms with van der Waals surface area (Å²) in [6, 6.07) is 7.59. The first-order chi connectivity index (χ1) is 8.24. The lowest BCUT2D eigenvalue weighted by Gasteiger charge is -2.11. The maximum atomic E-state index is 11.0. The summed E-state index contributed by atoms with van der Waals surface area (Å²) in [5.41, 5.74) is 2.30. The van der Waals surface area contributed by atoms with Gasteiger partial charge in [0, 0.05) is 17.3 Å². The Morgan fingerprint density at radius 1 is 1.35 bits per heavy atom. The number of hydrogen-bond acceptors (Lipinski definition) is 4. The second-order valence-electron chi connectivity index (χ2n) is 3.58. The highest BCUT2D eigenvalue weighted by molar-refractivity contribution is 5.93. The summed E-state index contributed by atoms with van der Waals surface area (Å²) in [6.07, 6.45) is 3.42. The first kappa shape index (κ1) is 11.3. The van der Waals surface area contributed by atoms with Crippen LogP contribution in [0.1, 0.15) is 22.8 Å². The van der Waals surface area contributed by atoms with Crippen molar-refractivity contribution in [1.29, 1.82) is 0 Å². The second kappa shape index (κ2) is 4.74. The average Bonchev–Trinajstić information content (AvgIpc) is 2.38. The fourth-order valence-corrected chi connectivity index (χ4v) is 1.75. The minimum atomic E-state index is -1.26. The number of nitrogens with zero attached hydrogens (tertiary/aromatic N) is 2. The molecular formula is C13H11N2O2-. The maximum Gasteiger partial charge on any atom is 0.116 e. The molecule has 0 atom stereocenters. The van der Waals surface area contributed by atoms with Gasteiger partial charge in [-0.1, -0.05) is 31.2 Å². The van der Waals surface area contributed by atoms with Crippen LogP contribution in [0.25, 0.3) is 11.3 Å². The summed E-state index contributed by atoms with van der Waals surface area (Å²) in [7, 11) is 0. The highest BCUT2D eigenvalue weighted by atomic mass is 16.4. The van der Waals surface area contributed by atoms with Crippen molar-refractivity contribution in [2.24, 2.45) is 0 Å². The van der Waals surface area contributed by atoms with Crippen molar-refractivity contribution < 1.29 is 9.90 Å². The summed E-state index contributed by atoms with van der Waals surface area (Å²) in [4.78, 5) is 18.8. The van der Waals surface area contributed by atoms with Gasteiger partial charge in [0.2, 0.25) is 0 Å². The number of aromatic carboxylic acids is 1. The van der Waals surface area contributed by atoms with Gasteiger partial charge in [-0.3, -0.25) is 0 Å². The van der Waals surface area contributed by atoms with E-state index >= 15 is 0 Å². The summed E-state index contributed by atoms with van der Waals surface area (Å²) in [6.45, 7) is 2.01. The van der Waals surface area contributed by atoms with Crippen LogP contribution in [-0.4, -0.2) is 15.9 Å². The van der Waals surface area contributed by atoms with E-state index < -0.39 is 5.97 Å². The van der Waals surface area contributed by atoms with Gasteiger partial charge < -0.3 is 9.90 Å². The van der Waals surface area contributed by atoms with Crippen LogP contribution in [0.5, 0.6) is 0 Å². The minimum Gasteiger partial charge on any atom is -0.545 e.